The van der Waals surface area contributed by atoms with E-state index in [2.05, 4.69) is 0 Å². The number of aliphatic hydroxyl groups is 2. The van der Waals surface area contributed by atoms with E-state index in [0.717, 1.165) is 16.5 Å². The van der Waals surface area contributed by atoms with Crippen molar-refractivity contribution < 1.29 is 33.4 Å². The van der Waals surface area contributed by atoms with E-state index in [1.165, 1.54) is 18.2 Å². The zero-order valence-corrected chi connectivity index (χ0v) is 23.5. The maximum absolute atomic E-state index is 17.5. The van der Waals surface area contributed by atoms with Gasteiger partial charge in [0.25, 0.3) is 0 Å². The summed E-state index contributed by atoms with van der Waals surface area (Å²) < 4.78 is 35.4. The van der Waals surface area contributed by atoms with E-state index in [0.29, 0.717) is 19.5 Å². The molecule has 41 heavy (non-hydrogen) atoms. The first-order valence-electron chi connectivity index (χ1n) is 14.5. The van der Waals surface area contributed by atoms with Crippen LogP contribution in [-0.4, -0.2) is 68.1 Å². The Hall–Kier alpha value is -2.72. The van der Waals surface area contributed by atoms with Gasteiger partial charge in [0.1, 0.15) is 12.8 Å². The molecule has 2 N–H and O–H groups in total. The van der Waals surface area contributed by atoms with Crippen LogP contribution in [0.3, 0.4) is 0 Å². The number of hydroxylamine groups is 2. The minimum atomic E-state index is -2.23. The predicted octanol–water partition coefficient (Wildman–Crippen LogP) is 3.77. The van der Waals surface area contributed by atoms with Crippen molar-refractivity contribution in [1.82, 2.24) is 9.63 Å². The highest BCUT2D eigenvalue weighted by molar-refractivity contribution is 6.01. The van der Waals surface area contributed by atoms with Crippen LogP contribution in [0.2, 0.25) is 0 Å². The third kappa shape index (κ3) is 3.21. The summed E-state index contributed by atoms with van der Waals surface area (Å²) in [5.41, 5.74) is -4.06. The summed E-state index contributed by atoms with van der Waals surface area (Å²) in [4.78, 5) is 32.4. The van der Waals surface area contributed by atoms with Crippen molar-refractivity contribution in [2.24, 2.45) is 35.6 Å². The molecule has 0 spiro atoms. The molecule has 2 aromatic rings. The second kappa shape index (κ2) is 8.66. The molecule has 0 bridgehead atoms. The summed E-state index contributed by atoms with van der Waals surface area (Å²) in [5, 5.41) is 24.7. The van der Waals surface area contributed by atoms with Crippen molar-refractivity contribution in [1.29, 1.82) is 0 Å². The SMILES string of the molecule is Cn1cc(CN2C[C@@H]3C[C@H]4[C@@H]5C[C@H](F)C6=CC(=O)C=C[C@]6(C)[C@@]5(F)[C@@H](O)C[C@]4(C)[C@]3(C(=O)CO)O2)c2ccccc21. The number of ketones is 2. The quantitative estimate of drug-likeness (QED) is 0.586. The molecule has 1 aliphatic heterocycles. The number of para-hydroxylation sites is 1. The van der Waals surface area contributed by atoms with Crippen LogP contribution in [0.1, 0.15) is 38.7 Å². The van der Waals surface area contributed by atoms with E-state index < -0.39 is 58.6 Å². The van der Waals surface area contributed by atoms with Gasteiger partial charge in [0.05, 0.1) is 12.6 Å². The molecule has 0 radical (unpaired) electrons. The number of aryl methyl sites for hydroxylation is 1. The summed E-state index contributed by atoms with van der Waals surface area (Å²) in [6, 6.07) is 8.03. The number of benzene rings is 1. The number of hydrogen-bond donors (Lipinski definition) is 2. The van der Waals surface area contributed by atoms with Crippen molar-refractivity contribution >= 4 is 22.5 Å². The van der Waals surface area contributed by atoms with Gasteiger partial charge in [0.2, 0.25) is 0 Å². The first kappa shape index (κ1) is 27.1. The number of aliphatic hydroxyl groups excluding tert-OH is 2. The molecule has 4 fully saturated rings. The Morgan fingerprint density at radius 2 is 1.95 bits per heavy atom. The van der Waals surface area contributed by atoms with Crippen molar-refractivity contribution in [2.45, 2.75) is 63.2 Å². The van der Waals surface area contributed by atoms with Crippen molar-refractivity contribution in [3.8, 4) is 0 Å². The molecule has 2 heterocycles. The van der Waals surface area contributed by atoms with Crippen LogP contribution in [0, 0.1) is 28.6 Å². The Balaban J connectivity index is 1.27. The summed E-state index contributed by atoms with van der Waals surface area (Å²) in [5.74, 6) is -2.63. The smallest absolute Gasteiger partial charge is 0.192 e. The molecule has 218 valence electrons. The van der Waals surface area contributed by atoms with E-state index in [1.807, 2.05) is 49.0 Å². The number of nitrogens with zero attached hydrogens (tertiary/aromatic N) is 2. The summed E-state index contributed by atoms with van der Waals surface area (Å²) in [7, 11) is 1.97. The first-order valence-corrected chi connectivity index (χ1v) is 14.5. The summed E-state index contributed by atoms with van der Waals surface area (Å²) in [6.45, 7) is 3.47. The van der Waals surface area contributed by atoms with Crippen LogP contribution >= 0.6 is 0 Å². The largest absolute Gasteiger partial charge is 0.390 e. The molecule has 7 rings (SSSR count). The van der Waals surface area contributed by atoms with Gasteiger partial charge in [-0.2, -0.15) is 5.06 Å². The second-order valence-electron chi connectivity index (χ2n) is 13.3. The lowest BCUT2D eigenvalue weighted by Gasteiger charge is -2.63. The van der Waals surface area contributed by atoms with E-state index >= 15 is 8.78 Å². The fraction of sp³-hybridized carbons (Fsp3) is 0.562. The van der Waals surface area contributed by atoms with E-state index in [-0.39, 0.29) is 30.1 Å². The van der Waals surface area contributed by atoms with Crippen LogP contribution in [0.25, 0.3) is 10.9 Å². The van der Waals surface area contributed by atoms with E-state index in [4.69, 9.17) is 4.84 Å². The Morgan fingerprint density at radius 1 is 1.20 bits per heavy atom. The molecule has 1 saturated heterocycles. The summed E-state index contributed by atoms with van der Waals surface area (Å²) >= 11 is 0. The number of carbonyl (C=O) groups is 2. The van der Waals surface area contributed by atoms with Gasteiger partial charge in [-0.3, -0.25) is 14.4 Å². The van der Waals surface area contributed by atoms with Crippen LogP contribution in [0.5, 0.6) is 0 Å². The molecule has 5 aliphatic rings. The van der Waals surface area contributed by atoms with Gasteiger partial charge in [-0.15, -0.1) is 0 Å². The normalized spacial score (nSPS) is 43.4. The molecule has 0 amide bonds. The lowest BCUT2D eigenvalue weighted by molar-refractivity contribution is -0.269. The topological polar surface area (TPSA) is 92.0 Å². The molecule has 1 aromatic carbocycles. The molecule has 1 aromatic heterocycles. The Bertz CT molecular complexity index is 1530. The van der Waals surface area contributed by atoms with Crippen LogP contribution in [0.4, 0.5) is 8.78 Å². The average molecular weight is 567 g/mol. The number of halogens is 2. The van der Waals surface area contributed by atoms with E-state index in [9.17, 15) is 19.8 Å². The second-order valence-corrected chi connectivity index (χ2v) is 13.3. The lowest BCUT2D eigenvalue weighted by Crippen LogP contribution is -2.70. The van der Waals surface area contributed by atoms with E-state index in [1.54, 1.807) is 12.0 Å². The minimum absolute atomic E-state index is 0.0725. The van der Waals surface area contributed by atoms with Gasteiger partial charge in [0, 0.05) is 53.4 Å². The Morgan fingerprint density at radius 3 is 2.71 bits per heavy atom. The Labute approximate surface area is 237 Å². The molecular weight excluding hydrogens is 530 g/mol. The number of aromatic nitrogens is 1. The molecule has 9 heteroatoms. The van der Waals surface area contributed by atoms with Crippen molar-refractivity contribution in [2.75, 3.05) is 13.2 Å². The number of rotatable bonds is 4. The maximum atomic E-state index is 17.5. The highest BCUT2D eigenvalue weighted by Gasteiger charge is 2.79. The van der Waals surface area contributed by atoms with Crippen LogP contribution in [-0.2, 0) is 28.0 Å². The lowest BCUT2D eigenvalue weighted by atomic mass is 9.44. The predicted molar refractivity (Wildman–Crippen MR) is 147 cm³/mol. The Kier molecular flexibility index (Phi) is 5.73. The van der Waals surface area contributed by atoms with Gasteiger partial charge in [-0.25, -0.2) is 8.78 Å². The van der Waals surface area contributed by atoms with Gasteiger partial charge in [-0.05, 0) is 61.5 Å². The zero-order chi connectivity index (χ0) is 29.1. The molecular formula is C32H36F2N2O5. The monoisotopic (exact) mass is 566 g/mol. The van der Waals surface area contributed by atoms with Gasteiger partial charge >= 0.3 is 0 Å². The average Bonchev–Trinajstić information content (AvgIpc) is 3.54. The third-order valence-corrected chi connectivity index (χ3v) is 11.6. The molecule has 3 saturated carbocycles. The van der Waals surface area contributed by atoms with Crippen LogP contribution < -0.4 is 0 Å². The standard InChI is InChI=1S/C32H36F2N2O5/c1-29-9-8-20(38)11-24(29)25(33)12-23-22-10-19-16-36(15-18-14-35(3)26-7-5-4-6-21(18)26)41-32(19,28(40)17-37)30(22,2)13-27(39)31(23,29)34/h4-9,11,14,19,22-23,25,27,37,39H,10,12-13,15-17H2,1-3H3/t19-,22-,23-,25-,27-,29-,30-,31-,32-/m0/s1. The number of carbonyl (C=O) groups excluding carboxylic acids is 2. The number of alkyl halides is 2. The highest BCUT2D eigenvalue weighted by Crippen LogP contribution is 2.72. The fourth-order valence-electron chi connectivity index (χ4n) is 9.78. The number of allylic oxidation sites excluding steroid dienone is 4. The van der Waals surface area contributed by atoms with Gasteiger partial charge in [0.15, 0.2) is 22.8 Å². The van der Waals surface area contributed by atoms with Gasteiger partial charge < -0.3 is 14.8 Å². The minimum Gasteiger partial charge on any atom is -0.390 e. The molecule has 0 unspecified atom stereocenters. The zero-order valence-electron chi connectivity index (χ0n) is 23.5. The highest BCUT2D eigenvalue weighted by atomic mass is 19.1. The number of Topliss-reactive ketones (excluding diaryl/α,β-unsaturated/α-hetero) is 1. The molecule has 4 aliphatic carbocycles. The molecule has 9 atom stereocenters. The van der Waals surface area contributed by atoms with Crippen molar-refractivity contribution in [3.05, 3.63) is 59.8 Å². The third-order valence-electron chi connectivity index (χ3n) is 11.6. The maximum Gasteiger partial charge on any atom is 0.192 e. The number of fused-ring (bicyclic) bond motifs is 8. The first-order chi connectivity index (χ1) is 19.4. The van der Waals surface area contributed by atoms with Crippen LogP contribution in [0.15, 0.2) is 54.3 Å². The molecule has 7 nitrogen and oxygen atoms in total. The summed E-state index contributed by atoms with van der Waals surface area (Å²) in [6.07, 6.45) is 2.93. The fourth-order valence-corrected chi connectivity index (χ4v) is 9.78. The van der Waals surface area contributed by atoms with Crippen molar-refractivity contribution in [3.63, 3.8) is 0 Å². The number of hydrogen-bond acceptors (Lipinski definition) is 6. The van der Waals surface area contributed by atoms with Gasteiger partial charge in [-0.1, -0.05) is 31.2 Å².